The highest BCUT2D eigenvalue weighted by Gasteiger charge is 2.06. The summed E-state index contributed by atoms with van der Waals surface area (Å²) < 4.78 is 1.51. The molecule has 0 spiro atoms. The number of rotatable bonds is 4. The molecular formula is C13H15N3O2S. The van der Waals surface area contributed by atoms with Crippen LogP contribution in [0.15, 0.2) is 27.9 Å². The number of thiophene rings is 1. The lowest BCUT2D eigenvalue weighted by Gasteiger charge is -2.08. The van der Waals surface area contributed by atoms with Crippen LogP contribution >= 0.6 is 11.3 Å². The number of carbonyl (C=O) groups excluding carboxylic acids is 1. The van der Waals surface area contributed by atoms with Gasteiger partial charge in [0.2, 0.25) is 0 Å². The van der Waals surface area contributed by atoms with E-state index in [4.69, 9.17) is 0 Å². The minimum Gasteiger partial charge on any atom is -0.350 e. The molecule has 0 aromatic carbocycles. The first kappa shape index (κ1) is 13.5. The normalized spacial score (nSPS) is 10.4. The molecule has 2 aromatic heterocycles. The van der Waals surface area contributed by atoms with E-state index < -0.39 is 0 Å². The number of nitrogens with one attached hydrogen (secondary N) is 1. The molecule has 2 aromatic rings. The van der Waals surface area contributed by atoms with Crippen molar-refractivity contribution in [3.8, 4) is 0 Å². The molecule has 0 aliphatic carbocycles. The first-order valence-corrected chi connectivity index (χ1v) is 6.87. The Morgan fingerprint density at radius 1 is 1.47 bits per heavy atom. The molecule has 100 valence electrons. The van der Waals surface area contributed by atoms with Crippen LogP contribution in [0.25, 0.3) is 0 Å². The highest BCUT2D eigenvalue weighted by molar-refractivity contribution is 7.08. The van der Waals surface area contributed by atoms with Gasteiger partial charge in [-0.25, -0.2) is 4.98 Å². The highest BCUT2D eigenvalue weighted by atomic mass is 32.1. The van der Waals surface area contributed by atoms with Crippen LogP contribution in [-0.4, -0.2) is 22.0 Å². The van der Waals surface area contributed by atoms with Gasteiger partial charge in [0, 0.05) is 35.3 Å². The van der Waals surface area contributed by atoms with Gasteiger partial charge in [0.05, 0.1) is 6.33 Å². The smallest absolute Gasteiger partial charge is 0.256 e. The summed E-state index contributed by atoms with van der Waals surface area (Å²) in [5, 5.41) is 6.42. The van der Waals surface area contributed by atoms with Gasteiger partial charge in [-0.1, -0.05) is 0 Å². The van der Waals surface area contributed by atoms with Crippen LogP contribution in [0, 0.1) is 13.8 Å². The molecule has 0 saturated heterocycles. The summed E-state index contributed by atoms with van der Waals surface area (Å²) in [7, 11) is 0. The van der Waals surface area contributed by atoms with Crippen molar-refractivity contribution >= 4 is 17.2 Å². The number of carbonyl (C=O) groups is 1. The summed E-state index contributed by atoms with van der Waals surface area (Å²) in [6.45, 7) is 4.38. The Labute approximate surface area is 114 Å². The highest BCUT2D eigenvalue weighted by Crippen LogP contribution is 2.04. The Balaban J connectivity index is 1.95. The van der Waals surface area contributed by atoms with E-state index in [-0.39, 0.29) is 11.5 Å². The molecule has 1 N–H and O–H groups in total. The van der Waals surface area contributed by atoms with E-state index in [0.717, 1.165) is 5.69 Å². The van der Waals surface area contributed by atoms with Gasteiger partial charge < -0.3 is 5.32 Å². The topological polar surface area (TPSA) is 64.0 Å². The summed E-state index contributed by atoms with van der Waals surface area (Å²) in [5.74, 6) is -0.119. The van der Waals surface area contributed by atoms with Crippen LogP contribution in [0.3, 0.4) is 0 Å². The lowest BCUT2D eigenvalue weighted by Crippen LogP contribution is -2.31. The SMILES string of the molecule is Cc1ncn(CCNC(=O)c2ccsc2)c(=O)c1C. The molecule has 0 unspecified atom stereocenters. The fraction of sp³-hybridized carbons (Fsp3) is 0.308. The van der Waals surface area contributed by atoms with Crippen molar-refractivity contribution in [2.75, 3.05) is 6.54 Å². The van der Waals surface area contributed by atoms with Crippen molar-refractivity contribution in [3.63, 3.8) is 0 Å². The van der Waals surface area contributed by atoms with E-state index in [9.17, 15) is 9.59 Å². The molecule has 19 heavy (non-hydrogen) atoms. The van der Waals surface area contributed by atoms with Gasteiger partial charge in [0.1, 0.15) is 0 Å². The van der Waals surface area contributed by atoms with Crippen molar-refractivity contribution < 1.29 is 4.79 Å². The molecule has 2 heterocycles. The predicted molar refractivity (Wildman–Crippen MR) is 74.6 cm³/mol. The van der Waals surface area contributed by atoms with Crippen LogP contribution in [0.1, 0.15) is 21.6 Å². The lowest BCUT2D eigenvalue weighted by molar-refractivity contribution is 0.0952. The van der Waals surface area contributed by atoms with Crippen LogP contribution in [0.2, 0.25) is 0 Å². The van der Waals surface area contributed by atoms with Crippen LogP contribution in [-0.2, 0) is 6.54 Å². The quantitative estimate of drug-likeness (QED) is 0.917. The van der Waals surface area contributed by atoms with Gasteiger partial charge in [-0.05, 0) is 25.3 Å². The van der Waals surface area contributed by atoms with E-state index in [2.05, 4.69) is 10.3 Å². The molecular weight excluding hydrogens is 262 g/mol. The molecule has 0 saturated carbocycles. The van der Waals surface area contributed by atoms with E-state index in [1.807, 2.05) is 5.38 Å². The number of amides is 1. The number of aromatic nitrogens is 2. The van der Waals surface area contributed by atoms with Gasteiger partial charge in [0.25, 0.3) is 11.5 Å². The average Bonchev–Trinajstić information content (AvgIpc) is 2.92. The number of nitrogens with zero attached hydrogens (tertiary/aromatic N) is 2. The molecule has 0 bridgehead atoms. The molecule has 0 radical (unpaired) electrons. The maximum atomic E-state index is 11.9. The number of hydrogen-bond acceptors (Lipinski definition) is 4. The molecule has 0 fully saturated rings. The Morgan fingerprint density at radius 3 is 2.95 bits per heavy atom. The van der Waals surface area contributed by atoms with Gasteiger partial charge in [-0.3, -0.25) is 14.2 Å². The van der Waals surface area contributed by atoms with Crippen LogP contribution in [0.4, 0.5) is 0 Å². The van der Waals surface area contributed by atoms with Gasteiger partial charge in [-0.2, -0.15) is 11.3 Å². The first-order chi connectivity index (χ1) is 9.09. The lowest BCUT2D eigenvalue weighted by atomic mass is 10.3. The van der Waals surface area contributed by atoms with Crippen LogP contribution < -0.4 is 10.9 Å². The Kier molecular flexibility index (Phi) is 4.11. The first-order valence-electron chi connectivity index (χ1n) is 5.92. The third-order valence-corrected chi connectivity index (χ3v) is 3.62. The predicted octanol–water partition coefficient (Wildman–Crippen LogP) is 1.35. The van der Waals surface area contributed by atoms with E-state index in [1.54, 1.807) is 25.3 Å². The standard InChI is InChI=1S/C13H15N3O2S/c1-9-10(2)15-8-16(13(9)18)5-4-14-12(17)11-3-6-19-7-11/h3,6-8H,4-5H2,1-2H3,(H,14,17). The Morgan fingerprint density at radius 2 is 2.26 bits per heavy atom. The van der Waals surface area contributed by atoms with Crippen molar-refractivity contribution in [2.45, 2.75) is 20.4 Å². The number of hydrogen-bond donors (Lipinski definition) is 1. The fourth-order valence-electron chi connectivity index (χ4n) is 1.62. The summed E-state index contributed by atoms with van der Waals surface area (Å²) in [6.07, 6.45) is 1.52. The molecule has 0 aliphatic heterocycles. The van der Waals surface area contributed by atoms with E-state index in [1.165, 1.54) is 22.2 Å². The second-order valence-electron chi connectivity index (χ2n) is 4.22. The monoisotopic (exact) mass is 277 g/mol. The van der Waals surface area contributed by atoms with Gasteiger partial charge in [0.15, 0.2) is 0 Å². The van der Waals surface area contributed by atoms with Crippen molar-refractivity contribution in [2.24, 2.45) is 0 Å². The van der Waals surface area contributed by atoms with Crippen molar-refractivity contribution in [1.82, 2.24) is 14.9 Å². The molecule has 6 heteroatoms. The van der Waals surface area contributed by atoms with E-state index in [0.29, 0.717) is 24.2 Å². The third-order valence-electron chi connectivity index (χ3n) is 2.94. The average molecular weight is 277 g/mol. The molecule has 5 nitrogen and oxygen atoms in total. The van der Waals surface area contributed by atoms with Gasteiger partial charge >= 0.3 is 0 Å². The minimum absolute atomic E-state index is 0.0581. The zero-order valence-corrected chi connectivity index (χ0v) is 11.7. The van der Waals surface area contributed by atoms with Crippen molar-refractivity contribution in [3.05, 3.63) is 50.3 Å². The Bertz CT molecular complexity index is 632. The minimum atomic E-state index is -0.119. The maximum Gasteiger partial charge on any atom is 0.256 e. The Hall–Kier alpha value is -1.95. The zero-order valence-electron chi connectivity index (χ0n) is 10.8. The van der Waals surface area contributed by atoms with Crippen molar-refractivity contribution in [1.29, 1.82) is 0 Å². The summed E-state index contributed by atoms with van der Waals surface area (Å²) in [5.41, 5.74) is 1.98. The number of aryl methyl sites for hydroxylation is 1. The third kappa shape index (κ3) is 3.08. The summed E-state index contributed by atoms with van der Waals surface area (Å²) >= 11 is 1.48. The van der Waals surface area contributed by atoms with Crippen LogP contribution in [0.5, 0.6) is 0 Å². The summed E-state index contributed by atoms with van der Waals surface area (Å²) in [4.78, 5) is 27.7. The van der Waals surface area contributed by atoms with Gasteiger partial charge in [-0.15, -0.1) is 0 Å². The molecule has 0 atom stereocenters. The molecule has 1 amide bonds. The largest absolute Gasteiger partial charge is 0.350 e. The zero-order chi connectivity index (χ0) is 13.8. The summed E-state index contributed by atoms with van der Waals surface area (Å²) in [6, 6.07) is 1.77. The second kappa shape index (κ2) is 5.79. The molecule has 0 aliphatic rings. The fourth-order valence-corrected chi connectivity index (χ4v) is 2.26. The maximum absolute atomic E-state index is 11.9. The second-order valence-corrected chi connectivity index (χ2v) is 5.00. The molecule has 2 rings (SSSR count). The van der Waals surface area contributed by atoms with E-state index >= 15 is 0 Å².